The van der Waals surface area contributed by atoms with Crippen molar-refractivity contribution in [2.75, 3.05) is 45.1 Å². The Morgan fingerprint density at radius 1 is 1.00 bits per heavy atom. The number of ether oxygens (including phenoxy) is 1. The maximum atomic E-state index is 13.5. The van der Waals surface area contributed by atoms with E-state index in [0.717, 1.165) is 48.5 Å². The Morgan fingerprint density at radius 2 is 1.71 bits per heavy atom. The quantitative estimate of drug-likeness (QED) is 0.459. The van der Waals surface area contributed by atoms with Crippen molar-refractivity contribution >= 4 is 17.7 Å². The standard InChI is InChI=1S/C29H32F2N4O2S/c30-24-8-4-21(5-9-24)27(22-6-10-25(31)11-7-22)37-18-17-34-13-2-14-35(16-15-34)29(36)26-20-38-28(33-26)23-3-1-12-32-19-23/h1,3-12,19,26-28,33H,2,13-18,20H2. The number of nitrogens with zero attached hydrogens (tertiary/aromatic N) is 3. The Morgan fingerprint density at radius 3 is 2.37 bits per heavy atom. The normalized spacial score (nSPS) is 20.6. The van der Waals surface area contributed by atoms with Crippen molar-refractivity contribution in [3.63, 3.8) is 0 Å². The predicted molar refractivity (Wildman–Crippen MR) is 145 cm³/mol. The molecule has 2 aliphatic rings. The molecule has 5 rings (SSSR count). The molecule has 2 aliphatic heterocycles. The average Bonchev–Trinajstić information content (AvgIpc) is 3.33. The zero-order valence-electron chi connectivity index (χ0n) is 21.1. The number of pyridine rings is 1. The van der Waals surface area contributed by atoms with E-state index in [1.54, 1.807) is 42.2 Å². The summed E-state index contributed by atoms with van der Waals surface area (Å²) in [5, 5.41) is 3.56. The number of aromatic nitrogens is 1. The summed E-state index contributed by atoms with van der Waals surface area (Å²) >= 11 is 1.75. The maximum Gasteiger partial charge on any atom is 0.240 e. The number of carbonyl (C=O) groups excluding carboxylic acids is 1. The summed E-state index contributed by atoms with van der Waals surface area (Å²) in [6.45, 7) is 4.25. The minimum absolute atomic E-state index is 0.0911. The van der Waals surface area contributed by atoms with E-state index in [1.165, 1.54) is 24.3 Å². The van der Waals surface area contributed by atoms with Crippen LogP contribution in [0.25, 0.3) is 0 Å². The number of hydrogen-bond donors (Lipinski definition) is 1. The first kappa shape index (κ1) is 26.7. The van der Waals surface area contributed by atoms with Crippen LogP contribution < -0.4 is 5.32 Å². The molecule has 0 bridgehead atoms. The molecular formula is C29H32F2N4O2S. The van der Waals surface area contributed by atoms with Gasteiger partial charge in [-0.2, -0.15) is 0 Å². The molecule has 2 atom stereocenters. The van der Waals surface area contributed by atoms with Crippen molar-refractivity contribution in [1.82, 2.24) is 20.1 Å². The summed E-state index contributed by atoms with van der Waals surface area (Å²) in [5.74, 6) is 0.291. The summed E-state index contributed by atoms with van der Waals surface area (Å²) in [6.07, 6.45) is 4.09. The monoisotopic (exact) mass is 538 g/mol. The van der Waals surface area contributed by atoms with Crippen LogP contribution in [0.4, 0.5) is 8.78 Å². The van der Waals surface area contributed by atoms with E-state index < -0.39 is 6.10 Å². The first-order chi connectivity index (χ1) is 18.6. The molecule has 0 spiro atoms. The number of benzene rings is 2. The minimum Gasteiger partial charge on any atom is -0.367 e. The van der Waals surface area contributed by atoms with E-state index in [0.29, 0.717) is 19.7 Å². The van der Waals surface area contributed by atoms with Gasteiger partial charge in [0.05, 0.1) is 18.0 Å². The summed E-state index contributed by atoms with van der Waals surface area (Å²) in [4.78, 5) is 21.7. The van der Waals surface area contributed by atoms with Crippen molar-refractivity contribution in [2.24, 2.45) is 0 Å². The van der Waals surface area contributed by atoms with Crippen molar-refractivity contribution < 1.29 is 18.3 Å². The van der Waals surface area contributed by atoms with Gasteiger partial charge in [0.25, 0.3) is 0 Å². The minimum atomic E-state index is -0.417. The number of thioether (sulfide) groups is 1. The van der Waals surface area contributed by atoms with Crippen LogP contribution in [-0.2, 0) is 9.53 Å². The van der Waals surface area contributed by atoms with Gasteiger partial charge in [-0.05, 0) is 60.0 Å². The molecule has 2 aromatic carbocycles. The molecule has 3 aromatic rings. The second-order valence-corrected chi connectivity index (χ2v) is 10.7. The molecule has 2 saturated heterocycles. The van der Waals surface area contributed by atoms with Crippen LogP contribution in [0.3, 0.4) is 0 Å². The van der Waals surface area contributed by atoms with Crippen molar-refractivity contribution in [1.29, 1.82) is 0 Å². The van der Waals surface area contributed by atoms with Gasteiger partial charge in [-0.25, -0.2) is 8.78 Å². The van der Waals surface area contributed by atoms with E-state index in [4.69, 9.17) is 4.74 Å². The second kappa shape index (κ2) is 12.8. The largest absolute Gasteiger partial charge is 0.367 e. The molecule has 0 radical (unpaired) electrons. The van der Waals surface area contributed by atoms with Crippen molar-refractivity contribution in [3.8, 4) is 0 Å². The van der Waals surface area contributed by atoms with Crippen LogP contribution in [0.1, 0.15) is 34.6 Å². The Labute approximate surface area is 226 Å². The number of rotatable bonds is 8. The molecule has 38 heavy (non-hydrogen) atoms. The number of nitrogens with one attached hydrogen (secondary N) is 1. The fourth-order valence-corrected chi connectivity index (χ4v) is 6.15. The van der Waals surface area contributed by atoms with E-state index in [-0.39, 0.29) is 29.0 Å². The fourth-order valence-electron chi connectivity index (χ4n) is 4.93. The van der Waals surface area contributed by atoms with Crippen LogP contribution in [0.2, 0.25) is 0 Å². The highest BCUT2D eigenvalue weighted by Crippen LogP contribution is 2.33. The molecule has 0 saturated carbocycles. The van der Waals surface area contributed by atoms with Gasteiger partial charge in [0.2, 0.25) is 5.91 Å². The lowest BCUT2D eigenvalue weighted by Gasteiger charge is -2.25. The van der Waals surface area contributed by atoms with Crippen LogP contribution in [0.15, 0.2) is 73.1 Å². The zero-order valence-corrected chi connectivity index (χ0v) is 22.0. The second-order valence-electron chi connectivity index (χ2n) is 9.59. The van der Waals surface area contributed by atoms with Gasteiger partial charge in [-0.3, -0.25) is 20.0 Å². The molecule has 3 heterocycles. The molecule has 9 heteroatoms. The van der Waals surface area contributed by atoms with Gasteiger partial charge in [0.1, 0.15) is 17.7 Å². The number of amides is 1. The average molecular weight is 539 g/mol. The summed E-state index contributed by atoms with van der Waals surface area (Å²) < 4.78 is 33.2. The van der Waals surface area contributed by atoms with Gasteiger partial charge in [0.15, 0.2) is 0 Å². The molecular weight excluding hydrogens is 506 g/mol. The highest BCUT2D eigenvalue weighted by Gasteiger charge is 2.34. The molecule has 0 aliphatic carbocycles. The van der Waals surface area contributed by atoms with Crippen molar-refractivity contribution in [2.45, 2.75) is 23.9 Å². The predicted octanol–water partition coefficient (Wildman–Crippen LogP) is 4.40. The van der Waals surface area contributed by atoms with Crippen LogP contribution >= 0.6 is 11.8 Å². The van der Waals surface area contributed by atoms with Gasteiger partial charge < -0.3 is 9.64 Å². The van der Waals surface area contributed by atoms with E-state index >= 15 is 0 Å². The van der Waals surface area contributed by atoms with Gasteiger partial charge in [-0.15, -0.1) is 11.8 Å². The molecule has 2 unspecified atom stereocenters. The number of halogens is 2. The lowest BCUT2D eigenvalue weighted by molar-refractivity contribution is -0.132. The third kappa shape index (κ3) is 6.77. The third-order valence-electron chi connectivity index (χ3n) is 7.01. The molecule has 6 nitrogen and oxygen atoms in total. The van der Waals surface area contributed by atoms with Crippen LogP contribution in [-0.4, -0.2) is 71.8 Å². The lowest BCUT2D eigenvalue weighted by atomic mass is 10.0. The highest BCUT2D eigenvalue weighted by molar-refractivity contribution is 7.99. The summed E-state index contributed by atoms with van der Waals surface area (Å²) in [7, 11) is 0. The molecule has 200 valence electrons. The Bertz CT molecular complexity index is 1140. The Balaban J connectivity index is 1.13. The zero-order chi connectivity index (χ0) is 26.3. The van der Waals surface area contributed by atoms with E-state index in [2.05, 4.69) is 15.2 Å². The molecule has 1 N–H and O–H groups in total. The maximum absolute atomic E-state index is 13.5. The van der Waals surface area contributed by atoms with E-state index in [9.17, 15) is 13.6 Å². The molecule has 1 aromatic heterocycles. The Hall–Kier alpha value is -2.85. The molecule has 1 amide bonds. The summed E-state index contributed by atoms with van der Waals surface area (Å²) in [6, 6.07) is 16.2. The number of hydrogen-bond acceptors (Lipinski definition) is 6. The summed E-state index contributed by atoms with van der Waals surface area (Å²) in [5.41, 5.74) is 2.73. The highest BCUT2D eigenvalue weighted by atomic mass is 32.2. The van der Waals surface area contributed by atoms with Crippen LogP contribution in [0.5, 0.6) is 0 Å². The van der Waals surface area contributed by atoms with Gasteiger partial charge in [-0.1, -0.05) is 30.3 Å². The van der Waals surface area contributed by atoms with Crippen LogP contribution in [0, 0.1) is 11.6 Å². The topological polar surface area (TPSA) is 57.7 Å². The van der Waals surface area contributed by atoms with Crippen molar-refractivity contribution in [3.05, 3.63) is 101 Å². The third-order valence-corrected chi connectivity index (χ3v) is 8.27. The van der Waals surface area contributed by atoms with Gasteiger partial charge in [0, 0.05) is 44.3 Å². The fraction of sp³-hybridized carbons (Fsp3) is 0.379. The first-order valence-corrected chi connectivity index (χ1v) is 14.0. The smallest absolute Gasteiger partial charge is 0.240 e. The van der Waals surface area contributed by atoms with Gasteiger partial charge >= 0.3 is 0 Å². The molecule has 2 fully saturated rings. The first-order valence-electron chi connectivity index (χ1n) is 13.0. The van der Waals surface area contributed by atoms with E-state index in [1.807, 2.05) is 23.2 Å². The number of carbonyl (C=O) groups is 1. The SMILES string of the molecule is O=C(C1CSC(c2cccnc2)N1)N1CCCN(CCOC(c2ccc(F)cc2)c2ccc(F)cc2)CC1. The lowest BCUT2D eigenvalue weighted by Crippen LogP contribution is -2.46. The Kier molecular flexibility index (Phi) is 9.01.